The summed E-state index contributed by atoms with van der Waals surface area (Å²) < 4.78 is 38.2. The van der Waals surface area contributed by atoms with Crippen LogP contribution < -0.4 is 10.6 Å². The Morgan fingerprint density at radius 3 is 2.54 bits per heavy atom. The van der Waals surface area contributed by atoms with Crippen LogP contribution in [0.15, 0.2) is 24.3 Å². The number of halogens is 1. The number of sulfone groups is 1. The standard InChI is InChI=1S/C16H17FN4O4S/c1-2-7-18-15(22)16(23)19-14-12-8-26(24,25)9-13(12)20-21(14)11-5-3-10(17)4-6-11/h3-6H,2,7-9H2,1H3,(H,18,22)(H,19,23). The Morgan fingerprint density at radius 2 is 1.88 bits per heavy atom. The first kappa shape index (κ1) is 18.1. The molecule has 0 radical (unpaired) electrons. The molecule has 8 nitrogen and oxygen atoms in total. The molecule has 1 aliphatic rings. The van der Waals surface area contributed by atoms with E-state index >= 15 is 0 Å². The molecule has 10 heteroatoms. The van der Waals surface area contributed by atoms with Gasteiger partial charge in [0.05, 0.1) is 22.9 Å². The van der Waals surface area contributed by atoms with Gasteiger partial charge in [0.25, 0.3) is 0 Å². The van der Waals surface area contributed by atoms with E-state index < -0.39 is 27.5 Å². The average molecular weight is 380 g/mol. The highest BCUT2D eigenvalue weighted by Gasteiger charge is 2.33. The Kier molecular flexibility index (Phi) is 4.77. The fourth-order valence-corrected chi connectivity index (χ4v) is 4.12. The van der Waals surface area contributed by atoms with Gasteiger partial charge in [-0.25, -0.2) is 17.5 Å². The number of carbonyl (C=O) groups is 2. The zero-order valence-electron chi connectivity index (χ0n) is 14.0. The largest absolute Gasteiger partial charge is 0.348 e. The number of aromatic nitrogens is 2. The Balaban J connectivity index is 1.98. The summed E-state index contributed by atoms with van der Waals surface area (Å²) in [5.74, 6) is -2.62. The molecule has 2 N–H and O–H groups in total. The van der Waals surface area contributed by atoms with Gasteiger partial charge >= 0.3 is 11.8 Å². The van der Waals surface area contributed by atoms with E-state index in [1.807, 2.05) is 6.92 Å². The summed E-state index contributed by atoms with van der Waals surface area (Å²) in [4.78, 5) is 24.0. The summed E-state index contributed by atoms with van der Waals surface area (Å²) in [6, 6.07) is 5.33. The topological polar surface area (TPSA) is 110 Å². The highest BCUT2D eigenvalue weighted by molar-refractivity contribution is 7.90. The van der Waals surface area contributed by atoms with E-state index in [0.717, 1.165) is 0 Å². The third-order valence-corrected chi connectivity index (χ3v) is 5.27. The second kappa shape index (κ2) is 6.87. The number of hydrogen-bond donors (Lipinski definition) is 2. The van der Waals surface area contributed by atoms with E-state index in [1.165, 1.54) is 28.9 Å². The van der Waals surface area contributed by atoms with Gasteiger partial charge in [-0.2, -0.15) is 5.10 Å². The molecule has 2 amide bonds. The molecule has 2 heterocycles. The number of amides is 2. The molecule has 0 unspecified atom stereocenters. The molecule has 26 heavy (non-hydrogen) atoms. The Morgan fingerprint density at radius 1 is 1.19 bits per heavy atom. The van der Waals surface area contributed by atoms with Crippen LogP contribution in [0.3, 0.4) is 0 Å². The van der Waals surface area contributed by atoms with Gasteiger partial charge in [-0.15, -0.1) is 0 Å². The van der Waals surface area contributed by atoms with Crippen molar-refractivity contribution in [3.05, 3.63) is 41.3 Å². The molecular weight excluding hydrogens is 363 g/mol. The van der Waals surface area contributed by atoms with Crippen LogP contribution in [0, 0.1) is 5.82 Å². The van der Waals surface area contributed by atoms with Gasteiger partial charge in [-0.05, 0) is 30.7 Å². The molecular formula is C16H17FN4O4S. The molecule has 1 aromatic carbocycles. The second-order valence-electron chi connectivity index (χ2n) is 5.90. The molecule has 3 rings (SSSR count). The van der Waals surface area contributed by atoms with Gasteiger partial charge in [0.1, 0.15) is 11.6 Å². The summed E-state index contributed by atoms with van der Waals surface area (Å²) in [7, 11) is -3.35. The summed E-state index contributed by atoms with van der Waals surface area (Å²) in [5.41, 5.74) is 1.08. The number of nitrogens with one attached hydrogen (secondary N) is 2. The molecule has 0 bridgehead atoms. The van der Waals surface area contributed by atoms with E-state index in [-0.39, 0.29) is 17.3 Å². The molecule has 0 spiro atoms. The Labute approximate surface area is 149 Å². The maximum atomic E-state index is 13.2. The quantitative estimate of drug-likeness (QED) is 0.766. The minimum Gasteiger partial charge on any atom is -0.348 e. The van der Waals surface area contributed by atoms with Crippen LogP contribution in [0.4, 0.5) is 10.2 Å². The lowest BCUT2D eigenvalue weighted by Gasteiger charge is -2.11. The molecule has 0 fully saturated rings. The fourth-order valence-electron chi connectivity index (χ4n) is 2.62. The second-order valence-corrected chi connectivity index (χ2v) is 7.97. The minimum absolute atomic E-state index is 0.101. The monoisotopic (exact) mass is 380 g/mol. The van der Waals surface area contributed by atoms with Crippen LogP contribution >= 0.6 is 0 Å². The lowest BCUT2D eigenvalue weighted by Crippen LogP contribution is -2.36. The first-order valence-electron chi connectivity index (χ1n) is 7.97. The lowest BCUT2D eigenvalue weighted by molar-refractivity contribution is -0.136. The van der Waals surface area contributed by atoms with Crippen LogP contribution in [0.25, 0.3) is 5.69 Å². The summed E-state index contributed by atoms with van der Waals surface area (Å²) >= 11 is 0. The maximum absolute atomic E-state index is 13.2. The predicted octanol–water partition coefficient (Wildman–Crippen LogP) is 0.904. The van der Waals surface area contributed by atoms with Gasteiger partial charge in [0.15, 0.2) is 9.84 Å². The Bertz CT molecular complexity index is 967. The highest BCUT2D eigenvalue weighted by atomic mass is 32.2. The average Bonchev–Trinajstić information content (AvgIpc) is 3.06. The number of anilines is 1. The van der Waals surface area contributed by atoms with Gasteiger partial charge in [-0.3, -0.25) is 9.59 Å². The van der Waals surface area contributed by atoms with Crippen LogP contribution in [0.2, 0.25) is 0 Å². The zero-order valence-corrected chi connectivity index (χ0v) is 14.8. The van der Waals surface area contributed by atoms with E-state index in [4.69, 9.17) is 0 Å². The number of fused-ring (bicyclic) bond motifs is 1. The van der Waals surface area contributed by atoms with Crippen molar-refractivity contribution in [1.29, 1.82) is 0 Å². The van der Waals surface area contributed by atoms with Crippen LogP contribution in [0.5, 0.6) is 0 Å². The van der Waals surface area contributed by atoms with Crippen LogP contribution in [-0.2, 0) is 30.9 Å². The zero-order chi connectivity index (χ0) is 18.9. The third-order valence-electron chi connectivity index (χ3n) is 3.83. The molecule has 0 saturated carbocycles. The molecule has 1 aliphatic heterocycles. The Hall–Kier alpha value is -2.75. The predicted molar refractivity (Wildman–Crippen MR) is 91.8 cm³/mol. The molecule has 1 aromatic heterocycles. The number of nitrogens with zero attached hydrogens (tertiary/aromatic N) is 2. The third kappa shape index (κ3) is 3.59. The summed E-state index contributed by atoms with van der Waals surface area (Å²) in [6.07, 6.45) is 0.667. The number of rotatable bonds is 4. The van der Waals surface area contributed by atoms with E-state index in [2.05, 4.69) is 15.7 Å². The van der Waals surface area contributed by atoms with Crippen molar-refractivity contribution in [2.45, 2.75) is 24.9 Å². The van der Waals surface area contributed by atoms with Crippen molar-refractivity contribution < 1.29 is 22.4 Å². The van der Waals surface area contributed by atoms with Gasteiger partial charge < -0.3 is 10.6 Å². The normalized spacial score (nSPS) is 14.7. The van der Waals surface area contributed by atoms with Crippen molar-refractivity contribution in [1.82, 2.24) is 15.1 Å². The van der Waals surface area contributed by atoms with Gasteiger partial charge in [-0.1, -0.05) is 6.92 Å². The van der Waals surface area contributed by atoms with E-state index in [9.17, 15) is 22.4 Å². The number of carbonyl (C=O) groups excluding carboxylic acids is 2. The molecule has 0 atom stereocenters. The summed E-state index contributed by atoms with van der Waals surface area (Å²) in [6.45, 7) is 2.19. The van der Waals surface area contributed by atoms with Crippen molar-refractivity contribution >= 4 is 27.5 Å². The van der Waals surface area contributed by atoms with E-state index in [0.29, 0.717) is 29.9 Å². The molecule has 138 valence electrons. The van der Waals surface area contributed by atoms with Gasteiger partial charge in [0.2, 0.25) is 0 Å². The highest BCUT2D eigenvalue weighted by Crippen LogP contribution is 2.32. The number of benzene rings is 1. The minimum atomic E-state index is -3.35. The van der Waals surface area contributed by atoms with Crippen molar-refractivity contribution in [2.75, 3.05) is 11.9 Å². The van der Waals surface area contributed by atoms with Crippen molar-refractivity contribution in [2.24, 2.45) is 0 Å². The molecule has 0 saturated heterocycles. The van der Waals surface area contributed by atoms with E-state index in [1.54, 1.807) is 0 Å². The fraction of sp³-hybridized carbons (Fsp3) is 0.312. The molecule has 2 aromatic rings. The molecule has 0 aliphatic carbocycles. The SMILES string of the molecule is CCCNC(=O)C(=O)Nc1c2c(nn1-c1ccc(F)cc1)CS(=O)(=O)C2. The summed E-state index contributed by atoms with van der Waals surface area (Å²) in [5, 5.41) is 9.12. The van der Waals surface area contributed by atoms with Gasteiger partial charge in [0, 0.05) is 12.1 Å². The smallest absolute Gasteiger partial charge is 0.314 e. The lowest BCUT2D eigenvalue weighted by atomic mass is 10.2. The first-order valence-corrected chi connectivity index (χ1v) is 9.79. The van der Waals surface area contributed by atoms with Crippen LogP contribution in [-0.4, -0.2) is 36.6 Å². The maximum Gasteiger partial charge on any atom is 0.314 e. The van der Waals surface area contributed by atoms with Crippen LogP contribution in [0.1, 0.15) is 24.6 Å². The van der Waals surface area contributed by atoms with Crippen molar-refractivity contribution in [3.63, 3.8) is 0 Å². The first-order chi connectivity index (χ1) is 12.3. The number of hydrogen-bond acceptors (Lipinski definition) is 5. The van der Waals surface area contributed by atoms with Crippen molar-refractivity contribution in [3.8, 4) is 5.69 Å².